The van der Waals surface area contributed by atoms with E-state index in [0.29, 0.717) is 10.0 Å². The van der Waals surface area contributed by atoms with Crippen molar-refractivity contribution < 1.29 is 4.74 Å². The molecule has 1 saturated heterocycles. The minimum atomic E-state index is 0.319. The standard InChI is InChI=1S/C11H23IN4O/c1-10(12)15-11(13)14-4-2-5-16-6-3-8-17-9-7-16/h10H,2-9H2,1H3,(H3,13,14,15). The van der Waals surface area contributed by atoms with E-state index in [-0.39, 0.29) is 0 Å². The highest BCUT2D eigenvalue weighted by molar-refractivity contribution is 14.1. The van der Waals surface area contributed by atoms with E-state index in [0.717, 1.165) is 52.2 Å². The lowest BCUT2D eigenvalue weighted by molar-refractivity contribution is 0.141. The van der Waals surface area contributed by atoms with Gasteiger partial charge in [0.25, 0.3) is 0 Å². The first kappa shape index (κ1) is 15.0. The van der Waals surface area contributed by atoms with E-state index >= 15 is 0 Å². The molecule has 0 amide bonds. The Morgan fingerprint density at radius 1 is 1.53 bits per heavy atom. The molecule has 3 N–H and O–H groups in total. The summed E-state index contributed by atoms with van der Waals surface area (Å²) < 4.78 is 5.73. The summed E-state index contributed by atoms with van der Waals surface area (Å²) in [5, 5.41) is 3.07. The first-order valence-electron chi connectivity index (χ1n) is 6.19. The minimum absolute atomic E-state index is 0.319. The Bertz CT molecular complexity index is 228. The van der Waals surface area contributed by atoms with Crippen LogP contribution >= 0.6 is 22.6 Å². The van der Waals surface area contributed by atoms with Crippen LogP contribution in [-0.4, -0.2) is 54.3 Å². The molecule has 5 nitrogen and oxygen atoms in total. The van der Waals surface area contributed by atoms with Crippen LogP contribution < -0.4 is 11.1 Å². The molecule has 0 aliphatic carbocycles. The number of aliphatic imine (C=N–C) groups is 1. The molecule has 6 heteroatoms. The Hall–Kier alpha value is -0.0800. The number of alkyl halides is 1. The van der Waals surface area contributed by atoms with Crippen LogP contribution in [0.3, 0.4) is 0 Å². The molecular weight excluding hydrogens is 331 g/mol. The predicted octanol–water partition coefficient (Wildman–Crippen LogP) is 0.784. The molecule has 1 rings (SSSR count). The number of hydrogen-bond acceptors (Lipinski definition) is 3. The van der Waals surface area contributed by atoms with E-state index in [4.69, 9.17) is 10.5 Å². The van der Waals surface area contributed by atoms with Gasteiger partial charge in [-0.15, -0.1) is 0 Å². The lowest BCUT2D eigenvalue weighted by Gasteiger charge is -2.18. The fourth-order valence-corrected chi connectivity index (χ4v) is 2.08. The Morgan fingerprint density at radius 2 is 2.35 bits per heavy atom. The average molecular weight is 354 g/mol. The molecule has 0 saturated carbocycles. The van der Waals surface area contributed by atoms with Gasteiger partial charge in [-0.2, -0.15) is 0 Å². The van der Waals surface area contributed by atoms with Gasteiger partial charge >= 0.3 is 0 Å². The second kappa shape index (κ2) is 8.93. The molecule has 0 radical (unpaired) electrons. The maximum Gasteiger partial charge on any atom is 0.189 e. The first-order chi connectivity index (χ1) is 8.18. The van der Waals surface area contributed by atoms with Gasteiger partial charge in [0, 0.05) is 26.2 Å². The van der Waals surface area contributed by atoms with Crippen LogP contribution in [0.4, 0.5) is 0 Å². The van der Waals surface area contributed by atoms with Crippen molar-refractivity contribution in [1.29, 1.82) is 0 Å². The highest BCUT2D eigenvalue weighted by atomic mass is 127. The highest BCUT2D eigenvalue weighted by Gasteiger charge is 2.07. The zero-order chi connectivity index (χ0) is 12.5. The van der Waals surface area contributed by atoms with Gasteiger partial charge in [0.1, 0.15) is 0 Å². The summed E-state index contributed by atoms with van der Waals surface area (Å²) >= 11 is 2.26. The molecule has 0 aromatic carbocycles. The third-order valence-corrected chi connectivity index (χ3v) is 2.89. The van der Waals surface area contributed by atoms with Gasteiger partial charge in [0.15, 0.2) is 5.96 Å². The molecule has 1 heterocycles. The zero-order valence-electron chi connectivity index (χ0n) is 10.5. The van der Waals surface area contributed by atoms with Crippen molar-refractivity contribution >= 4 is 28.6 Å². The molecule has 17 heavy (non-hydrogen) atoms. The van der Waals surface area contributed by atoms with Crippen molar-refractivity contribution in [1.82, 2.24) is 10.2 Å². The lowest BCUT2D eigenvalue weighted by Crippen LogP contribution is -2.35. The van der Waals surface area contributed by atoms with Crippen LogP contribution in [0.2, 0.25) is 0 Å². The van der Waals surface area contributed by atoms with Gasteiger partial charge in [-0.05, 0) is 26.3 Å². The summed E-state index contributed by atoms with van der Waals surface area (Å²) in [6, 6.07) is 0. The van der Waals surface area contributed by atoms with Crippen LogP contribution in [0.1, 0.15) is 19.8 Å². The summed E-state index contributed by atoms with van der Waals surface area (Å²) in [4.78, 5) is 6.73. The monoisotopic (exact) mass is 354 g/mol. The van der Waals surface area contributed by atoms with Gasteiger partial charge in [-0.1, -0.05) is 22.6 Å². The molecule has 0 aromatic rings. The Balaban J connectivity index is 2.09. The largest absolute Gasteiger partial charge is 0.380 e. The number of nitrogens with one attached hydrogen (secondary N) is 1. The van der Waals surface area contributed by atoms with E-state index < -0.39 is 0 Å². The number of guanidine groups is 1. The summed E-state index contributed by atoms with van der Waals surface area (Å²) in [5.41, 5.74) is 5.72. The number of halogens is 1. The maximum absolute atomic E-state index is 5.72. The molecule has 1 aliphatic rings. The third-order valence-electron chi connectivity index (χ3n) is 2.58. The highest BCUT2D eigenvalue weighted by Crippen LogP contribution is 2.00. The zero-order valence-corrected chi connectivity index (χ0v) is 12.6. The fraction of sp³-hybridized carbons (Fsp3) is 0.909. The number of ether oxygens (including phenoxy) is 1. The Labute approximate surface area is 117 Å². The van der Waals surface area contributed by atoms with Crippen LogP contribution in [0, 0.1) is 0 Å². The lowest BCUT2D eigenvalue weighted by atomic mass is 10.3. The fourth-order valence-electron chi connectivity index (χ4n) is 1.76. The van der Waals surface area contributed by atoms with Gasteiger partial charge in [-0.3, -0.25) is 4.99 Å². The Kier molecular flexibility index (Phi) is 7.87. The molecule has 1 fully saturated rings. The topological polar surface area (TPSA) is 62.9 Å². The molecule has 0 aromatic heterocycles. The molecule has 0 spiro atoms. The van der Waals surface area contributed by atoms with E-state index in [2.05, 4.69) is 37.8 Å². The second-order valence-corrected chi connectivity index (χ2v) is 6.06. The predicted molar refractivity (Wildman–Crippen MR) is 79.6 cm³/mol. The Morgan fingerprint density at radius 3 is 3.12 bits per heavy atom. The van der Waals surface area contributed by atoms with Crippen LogP contribution in [0.15, 0.2) is 4.99 Å². The van der Waals surface area contributed by atoms with E-state index in [1.165, 1.54) is 0 Å². The van der Waals surface area contributed by atoms with Gasteiger partial charge < -0.3 is 20.7 Å². The van der Waals surface area contributed by atoms with Crippen molar-refractivity contribution in [3.8, 4) is 0 Å². The number of rotatable bonds is 5. The van der Waals surface area contributed by atoms with Crippen molar-refractivity contribution in [2.75, 3.05) is 39.4 Å². The van der Waals surface area contributed by atoms with Gasteiger partial charge in [0.05, 0.1) is 10.7 Å². The van der Waals surface area contributed by atoms with E-state index in [1.807, 2.05) is 6.92 Å². The normalized spacial score (nSPS) is 20.9. The number of hydrogen-bond donors (Lipinski definition) is 2. The molecule has 100 valence electrons. The third kappa shape index (κ3) is 7.77. The van der Waals surface area contributed by atoms with Crippen LogP contribution in [-0.2, 0) is 4.74 Å². The smallest absolute Gasteiger partial charge is 0.189 e. The van der Waals surface area contributed by atoms with Gasteiger partial charge in [-0.25, -0.2) is 0 Å². The molecule has 1 unspecified atom stereocenters. The van der Waals surface area contributed by atoms with Gasteiger partial charge in [0.2, 0.25) is 0 Å². The van der Waals surface area contributed by atoms with Crippen molar-refractivity contribution in [2.45, 2.75) is 23.8 Å². The molecule has 1 atom stereocenters. The van der Waals surface area contributed by atoms with E-state index in [1.54, 1.807) is 0 Å². The van der Waals surface area contributed by atoms with Crippen LogP contribution in [0.5, 0.6) is 0 Å². The molecule has 0 bridgehead atoms. The number of nitrogens with zero attached hydrogens (tertiary/aromatic N) is 2. The summed E-state index contributed by atoms with van der Waals surface area (Å²) in [5.74, 6) is 0.547. The quantitative estimate of drug-likeness (QED) is 0.191. The number of nitrogens with two attached hydrogens (primary N) is 1. The summed E-state index contributed by atoms with van der Waals surface area (Å²) in [7, 11) is 0. The van der Waals surface area contributed by atoms with Crippen molar-refractivity contribution in [3.63, 3.8) is 0 Å². The molecular formula is C11H23IN4O. The second-order valence-electron chi connectivity index (χ2n) is 4.19. The summed E-state index contributed by atoms with van der Waals surface area (Å²) in [6.45, 7) is 7.86. The average Bonchev–Trinajstić information content (AvgIpc) is 2.52. The van der Waals surface area contributed by atoms with Crippen molar-refractivity contribution in [2.24, 2.45) is 10.7 Å². The molecule has 1 aliphatic heterocycles. The first-order valence-corrected chi connectivity index (χ1v) is 7.43. The van der Waals surface area contributed by atoms with Crippen molar-refractivity contribution in [3.05, 3.63) is 0 Å². The summed E-state index contributed by atoms with van der Waals surface area (Å²) in [6.07, 6.45) is 2.19. The van der Waals surface area contributed by atoms with Crippen LogP contribution in [0.25, 0.3) is 0 Å². The minimum Gasteiger partial charge on any atom is -0.380 e. The maximum atomic E-state index is 5.72. The van der Waals surface area contributed by atoms with E-state index in [9.17, 15) is 0 Å². The SMILES string of the molecule is CC(I)NC(N)=NCCCN1CCCOCC1.